The predicted molar refractivity (Wildman–Crippen MR) is 85.2 cm³/mol. The predicted octanol–water partition coefficient (Wildman–Crippen LogP) is 3.18. The maximum Gasteiger partial charge on any atom is 0.123 e. The number of benzene rings is 1. The second-order valence-corrected chi connectivity index (χ2v) is 6.90. The van der Waals surface area contributed by atoms with Gasteiger partial charge in [0.05, 0.1) is 7.11 Å². The molecule has 1 aliphatic heterocycles. The molecule has 1 aliphatic carbocycles. The number of halogens is 1. The maximum absolute atomic E-state index is 5.53. The summed E-state index contributed by atoms with van der Waals surface area (Å²) in [6, 6.07) is 6.30. The molecule has 0 bridgehead atoms. The van der Waals surface area contributed by atoms with Crippen molar-refractivity contribution in [2.45, 2.75) is 37.8 Å². The zero-order valence-corrected chi connectivity index (χ0v) is 13.7. The fourth-order valence-corrected chi connectivity index (χ4v) is 4.14. The van der Waals surface area contributed by atoms with E-state index in [9.17, 15) is 0 Å². The van der Waals surface area contributed by atoms with E-state index in [4.69, 9.17) is 4.74 Å². The van der Waals surface area contributed by atoms with Gasteiger partial charge in [0.15, 0.2) is 0 Å². The highest BCUT2D eigenvalue weighted by Crippen LogP contribution is 2.38. The molecule has 1 aromatic rings. The van der Waals surface area contributed by atoms with Crippen molar-refractivity contribution in [1.29, 1.82) is 0 Å². The van der Waals surface area contributed by atoms with Gasteiger partial charge in [-0.3, -0.25) is 4.90 Å². The SMILES string of the molecule is COc1ccc(Br)cc1CN1CCNCC12CCCC2. The number of rotatable bonds is 3. The Morgan fingerprint density at radius 2 is 2.15 bits per heavy atom. The molecule has 2 aliphatic rings. The molecule has 1 aromatic carbocycles. The molecule has 110 valence electrons. The topological polar surface area (TPSA) is 24.5 Å². The van der Waals surface area contributed by atoms with E-state index in [0.29, 0.717) is 5.54 Å². The first-order valence-corrected chi connectivity index (χ1v) is 8.31. The van der Waals surface area contributed by atoms with Crippen LogP contribution in [0.1, 0.15) is 31.2 Å². The van der Waals surface area contributed by atoms with Gasteiger partial charge in [0.2, 0.25) is 0 Å². The quantitative estimate of drug-likeness (QED) is 0.915. The molecule has 0 aromatic heterocycles. The van der Waals surface area contributed by atoms with Crippen molar-refractivity contribution in [1.82, 2.24) is 10.2 Å². The minimum Gasteiger partial charge on any atom is -0.496 e. The summed E-state index contributed by atoms with van der Waals surface area (Å²) in [6.45, 7) is 4.36. The van der Waals surface area contributed by atoms with Crippen LogP contribution in [-0.4, -0.2) is 37.2 Å². The van der Waals surface area contributed by atoms with Crippen LogP contribution in [0, 0.1) is 0 Å². The van der Waals surface area contributed by atoms with Gasteiger partial charge < -0.3 is 10.1 Å². The summed E-state index contributed by atoms with van der Waals surface area (Å²) in [6.07, 6.45) is 5.40. The molecule has 20 heavy (non-hydrogen) atoms. The summed E-state index contributed by atoms with van der Waals surface area (Å²) in [5.74, 6) is 1.000. The smallest absolute Gasteiger partial charge is 0.123 e. The highest BCUT2D eigenvalue weighted by atomic mass is 79.9. The van der Waals surface area contributed by atoms with Crippen molar-refractivity contribution in [3.63, 3.8) is 0 Å². The molecule has 0 radical (unpaired) electrons. The lowest BCUT2D eigenvalue weighted by Crippen LogP contribution is -2.59. The zero-order chi connectivity index (χ0) is 14.0. The molecule has 0 unspecified atom stereocenters. The molecular weight excluding hydrogens is 316 g/mol. The average molecular weight is 339 g/mol. The van der Waals surface area contributed by atoms with Crippen LogP contribution in [-0.2, 0) is 6.54 Å². The normalized spacial score (nSPS) is 22.3. The van der Waals surface area contributed by atoms with Crippen molar-refractivity contribution in [3.8, 4) is 5.75 Å². The van der Waals surface area contributed by atoms with Gasteiger partial charge in [-0.15, -0.1) is 0 Å². The number of hydrogen-bond donors (Lipinski definition) is 1. The number of piperazine rings is 1. The first kappa shape index (κ1) is 14.4. The average Bonchev–Trinajstić information content (AvgIpc) is 2.91. The van der Waals surface area contributed by atoms with E-state index in [2.05, 4.69) is 38.3 Å². The van der Waals surface area contributed by atoms with E-state index in [1.165, 1.54) is 31.2 Å². The summed E-state index contributed by atoms with van der Waals surface area (Å²) < 4.78 is 6.66. The summed E-state index contributed by atoms with van der Waals surface area (Å²) >= 11 is 3.58. The molecular formula is C16H23BrN2O. The first-order chi connectivity index (χ1) is 9.73. The van der Waals surface area contributed by atoms with Crippen molar-refractivity contribution >= 4 is 15.9 Å². The third-order valence-electron chi connectivity index (χ3n) is 4.82. The standard InChI is InChI=1S/C16H23BrN2O/c1-20-15-5-4-14(17)10-13(15)11-19-9-8-18-12-16(19)6-2-3-7-16/h4-5,10,18H,2-3,6-9,11-12H2,1H3. The monoisotopic (exact) mass is 338 g/mol. The van der Waals surface area contributed by atoms with Gasteiger partial charge in [-0.1, -0.05) is 28.8 Å². The molecule has 0 atom stereocenters. The van der Waals surface area contributed by atoms with E-state index < -0.39 is 0 Å². The number of methoxy groups -OCH3 is 1. The van der Waals surface area contributed by atoms with E-state index in [-0.39, 0.29) is 0 Å². The Morgan fingerprint density at radius 3 is 2.90 bits per heavy atom. The Hall–Kier alpha value is -0.580. The van der Waals surface area contributed by atoms with Gasteiger partial charge in [-0.2, -0.15) is 0 Å². The van der Waals surface area contributed by atoms with Crippen LogP contribution in [0.3, 0.4) is 0 Å². The number of hydrogen-bond acceptors (Lipinski definition) is 3. The second kappa shape index (κ2) is 6.04. The third-order valence-corrected chi connectivity index (χ3v) is 5.31. The summed E-state index contributed by atoms with van der Waals surface area (Å²) in [4.78, 5) is 2.68. The van der Waals surface area contributed by atoms with Crippen LogP contribution < -0.4 is 10.1 Å². The molecule has 4 heteroatoms. The van der Waals surface area contributed by atoms with Crippen LogP contribution in [0.4, 0.5) is 0 Å². The Bertz CT molecular complexity index is 472. The number of nitrogens with one attached hydrogen (secondary N) is 1. The lowest BCUT2D eigenvalue weighted by molar-refractivity contribution is 0.0565. The minimum absolute atomic E-state index is 0.381. The Kier molecular flexibility index (Phi) is 4.34. The van der Waals surface area contributed by atoms with E-state index in [0.717, 1.165) is 36.4 Å². The molecule has 1 saturated heterocycles. The van der Waals surface area contributed by atoms with Crippen LogP contribution >= 0.6 is 15.9 Å². The van der Waals surface area contributed by atoms with Crippen LogP contribution in [0.2, 0.25) is 0 Å². The Labute approximate surface area is 129 Å². The van der Waals surface area contributed by atoms with Crippen molar-refractivity contribution in [2.75, 3.05) is 26.7 Å². The third kappa shape index (κ3) is 2.74. The fraction of sp³-hybridized carbons (Fsp3) is 0.625. The minimum atomic E-state index is 0.381. The van der Waals surface area contributed by atoms with Crippen LogP contribution in [0.25, 0.3) is 0 Å². The van der Waals surface area contributed by atoms with Crippen LogP contribution in [0.15, 0.2) is 22.7 Å². The van der Waals surface area contributed by atoms with Gasteiger partial charge in [0.1, 0.15) is 5.75 Å². The lowest BCUT2D eigenvalue weighted by Gasteiger charge is -2.45. The fourth-order valence-electron chi connectivity index (χ4n) is 3.73. The molecule has 1 heterocycles. The largest absolute Gasteiger partial charge is 0.496 e. The molecule has 3 nitrogen and oxygen atoms in total. The summed E-state index contributed by atoms with van der Waals surface area (Å²) in [7, 11) is 1.76. The van der Waals surface area contributed by atoms with Gasteiger partial charge in [-0.05, 0) is 31.0 Å². The highest BCUT2D eigenvalue weighted by molar-refractivity contribution is 9.10. The second-order valence-electron chi connectivity index (χ2n) is 5.99. The number of ether oxygens (including phenoxy) is 1. The van der Waals surface area contributed by atoms with Gasteiger partial charge >= 0.3 is 0 Å². The Morgan fingerprint density at radius 1 is 1.35 bits per heavy atom. The molecule has 1 saturated carbocycles. The van der Waals surface area contributed by atoms with Gasteiger partial charge in [0.25, 0.3) is 0 Å². The number of nitrogens with zero attached hydrogens (tertiary/aromatic N) is 1. The van der Waals surface area contributed by atoms with Crippen molar-refractivity contribution in [2.24, 2.45) is 0 Å². The lowest BCUT2D eigenvalue weighted by atomic mass is 9.92. The molecule has 3 rings (SSSR count). The van der Waals surface area contributed by atoms with E-state index in [1.54, 1.807) is 7.11 Å². The first-order valence-electron chi connectivity index (χ1n) is 7.52. The van der Waals surface area contributed by atoms with Crippen molar-refractivity contribution < 1.29 is 4.74 Å². The molecule has 1 spiro atoms. The van der Waals surface area contributed by atoms with Gasteiger partial charge in [0, 0.05) is 41.8 Å². The molecule has 1 N–H and O–H groups in total. The molecule has 0 amide bonds. The highest BCUT2D eigenvalue weighted by Gasteiger charge is 2.41. The van der Waals surface area contributed by atoms with Gasteiger partial charge in [-0.25, -0.2) is 0 Å². The van der Waals surface area contributed by atoms with E-state index >= 15 is 0 Å². The molecule has 2 fully saturated rings. The van der Waals surface area contributed by atoms with Crippen molar-refractivity contribution in [3.05, 3.63) is 28.2 Å². The van der Waals surface area contributed by atoms with E-state index in [1.807, 2.05) is 6.07 Å². The van der Waals surface area contributed by atoms with Crippen LogP contribution in [0.5, 0.6) is 5.75 Å². The maximum atomic E-state index is 5.53. The Balaban J connectivity index is 1.83. The zero-order valence-electron chi connectivity index (χ0n) is 12.1. The summed E-state index contributed by atoms with van der Waals surface area (Å²) in [5, 5.41) is 3.59. The summed E-state index contributed by atoms with van der Waals surface area (Å²) in [5.41, 5.74) is 1.67.